The molecule has 1 unspecified atom stereocenters. The first-order chi connectivity index (χ1) is 9.90. The van der Waals surface area contributed by atoms with Gasteiger partial charge >= 0.3 is 0 Å². The first-order valence-corrected chi connectivity index (χ1v) is 8.89. The van der Waals surface area contributed by atoms with Crippen molar-refractivity contribution < 1.29 is 8.42 Å². The highest BCUT2D eigenvalue weighted by molar-refractivity contribution is 9.10. The van der Waals surface area contributed by atoms with Gasteiger partial charge in [-0.1, -0.05) is 41.1 Å². The first kappa shape index (κ1) is 16.0. The highest BCUT2D eigenvalue weighted by atomic mass is 79.9. The van der Waals surface area contributed by atoms with Gasteiger partial charge in [-0.2, -0.15) is 0 Å². The molecule has 0 bridgehead atoms. The molecule has 0 spiro atoms. The highest BCUT2D eigenvalue weighted by Gasteiger charge is 2.12. The molecular weight excluding hydrogens is 352 g/mol. The van der Waals surface area contributed by atoms with Crippen LogP contribution in [-0.2, 0) is 10.0 Å². The van der Waals surface area contributed by atoms with Crippen LogP contribution in [0.5, 0.6) is 0 Å². The number of nitrogens with one attached hydrogen (secondary N) is 1. The summed E-state index contributed by atoms with van der Waals surface area (Å²) in [5, 5.41) is 8.50. The number of hydrogen-bond donors (Lipinski definition) is 2. The predicted octanol–water partition coefficient (Wildman–Crippen LogP) is 3.66. The van der Waals surface area contributed by atoms with Crippen LogP contribution in [0.2, 0.25) is 0 Å². The van der Waals surface area contributed by atoms with Gasteiger partial charge in [0.15, 0.2) is 0 Å². The van der Waals surface area contributed by atoms with E-state index in [2.05, 4.69) is 28.2 Å². The molecular formula is C15H17BrN2O2S. The lowest BCUT2D eigenvalue weighted by Crippen LogP contribution is -2.13. The van der Waals surface area contributed by atoms with Crippen molar-refractivity contribution in [3.8, 4) is 0 Å². The first-order valence-electron chi connectivity index (χ1n) is 6.55. The Kier molecular flexibility index (Phi) is 5.03. The number of primary sulfonamides is 1. The maximum atomic E-state index is 11.4. The lowest BCUT2D eigenvalue weighted by molar-refractivity contribution is 0.598. The largest absolute Gasteiger partial charge is 0.378 e. The number of rotatable bonds is 5. The second kappa shape index (κ2) is 6.60. The Bertz CT molecular complexity index is 732. The van der Waals surface area contributed by atoms with Gasteiger partial charge in [0.2, 0.25) is 10.0 Å². The molecule has 3 N–H and O–H groups in total. The molecule has 0 radical (unpaired) electrons. The third-order valence-electron chi connectivity index (χ3n) is 3.16. The van der Waals surface area contributed by atoms with E-state index in [9.17, 15) is 8.42 Å². The van der Waals surface area contributed by atoms with Crippen LogP contribution in [0.1, 0.15) is 24.9 Å². The zero-order valence-electron chi connectivity index (χ0n) is 11.6. The second-order valence-corrected chi connectivity index (χ2v) is 7.21. The van der Waals surface area contributed by atoms with Crippen molar-refractivity contribution in [3.05, 3.63) is 58.6 Å². The van der Waals surface area contributed by atoms with Crippen molar-refractivity contribution in [1.29, 1.82) is 0 Å². The van der Waals surface area contributed by atoms with Crippen LogP contribution in [-0.4, -0.2) is 8.42 Å². The summed E-state index contributed by atoms with van der Waals surface area (Å²) in [5.74, 6) is 0. The van der Waals surface area contributed by atoms with E-state index in [1.165, 1.54) is 6.07 Å². The Hall–Kier alpha value is -1.37. The maximum absolute atomic E-state index is 11.4. The van der Waals surface area contributed by atoms with Gasteiger partial charge in [-0.05, 0) is 42.3 Å². The van der Waals surface area contributed by atoms with Crippen molar-refractivity contribution in [2.45, 2.75) is 24.3 Å². The number of halogens is 1. The summed E-state index contributed by atoms with van der Waals surface area (Å²) in [6.07, 6.45) is 0.871. The number of nitrogens with two attached hydrogens (primary N) is 1. The Morgan fingerprint density at radius 3 is 2.52 bits per heavy atom. The van der Waals surface area contributed by atoms with Gasteiger partial charge in [0, 0.05) is 10.2 Å². The lowest BCUT2D eigenvalue weighted by atomic mass is 10.0. The SMILES string of the molecule is CCC(Nc1cccc(S(N)(=O)=O)c1)c1cccc(Br)c1. The smallest absolute Gasteiger partial charge is 0.238 e. The van der Waals surface area contributed by atoms with E-state index in [1.807, 2.05) is 30.3 Å². The molecule has 0 aliphatic rings. The van der Waals surface area contributed by atoms with Gasteiger partial charge in [-0.3, -0.25) is 0 Å². The van der Waals surface area contributed by atoms with E-state index in [1.54, 1.807) is 12.1 Å². The predicted molar refractivity (Wildman–Crippen MR) is 88.6 cm³/mol. The topological polar surface area (TPSA) is 72.2 Å². The Morgan fingerprint density at radius 1 is 1.19 bits per heavy atom. The number of anilines is 1. The lowest BCUT2D eigenvalue weighted by Gasteiger charge is -2.19. The van der Waals surface area contributed by atoms with E-state index in [4.69, 9.17) is 5.14 Å². The van der Waals surface area contributed by atoms with Gasteiger partial charge in [0.25, 0.3) is 0 Å². The molecule has 112 valence electrons. The molecule has 0 saturated heterocycles. The third kappa shape index (κ3) is 4.30. The summed E-state index contributed by atoms with van der Waals surface area (Å²) in [7, 11) is -3.69. The van der Waals surface area contributed by atoms with Crippen LogP contribution >= 0.6 is 15.9 Å². The number of sulfonamides is 1. The summed E-state index contributed by atoms with van der Waals surface area (Å²) in [6.45, 7) is 2.07. The molecule has 0 amide bonds. The number of benzene rings is 2. The molecule has 0 aromatic heterocycles. The summed E-state index contributed by atoms with van der Waals surface area (Å²) < 4.78 is 23.8. The summed E-state index contributed by atoms with van der Waals surface area (Å²) in [5.41, 5.74) is 1.86. The van der Waals surface area contributed by atoms with E-state index in [0.717, 1.165) is 22.1 Å². The van der Waals surface area contributed by atoms with Crippen molar-refractivity contribution in [3.63, 3.8) is 0 Å². The molecule has 2 aromatic carbocycles. The monoisotopic (exact) mass is 368 g/mol. The van der Waals surface area contributed by atoms with E-state index in [-0.39, 0.29) is 10.9 Å². The molecule has 2 aromatic rings. The van der Waals surface area contributed by atoms with Crippen molar-refractivity contribution in [2.75, 3.05) is 5.32 Å². The Morgan fingerprint density at radius 2 is 1.90 bits per heavy atom. The Balaban J connectivity index is 2.27. The van der Waals surface area contributed by atoms with Gasteiger partial charge in [0.1, 0.15) is 0 Å². The minimum absolute atomic E-state index is 0.0956. The van der Waals surface area contributed by atoms with Crippen LogP contribution in [0.3, 0.4) is 0 Å². The van der Waals surface area contributed by atoms with Crippen LogP contribution in [0.25, 0.3) is 0 Å². The molecule has 6 heteroatoms. The molecule has 0 aliphatic heterocycles. The molecule has 0 heterocycles. The summed E-state index contributed by atoms with van der Waals surface area (Å²) in [4.78, 5) is 0.108. The molecule has 2 rings (SSSR count). The minimum atomic E-state index is -3.69. The molecule has 0 saturated carbocycles. The zero-order chi connectivity index (χ0) is 15.5. The van der Waals surface area contributed by atoms with Crippen molar-refractivity contribution in [2.24, 2.45) is 5.14 Å². The maximum Gasteiger partial charge on any atom is 0.238 e. The van der Waals surface area contributed by atoms with E-state index >= 15 is 0 Å². The van der Waals surface area contributed by atoms with Crippen molar-refractivity contribution in [1.82, 2.24) is 0 Å². The number of hydrogen-bond acceptors (Lipinski definition) is 3. The fourth-order valence-electron chi connectivity index (χ4n) is 2.11. The fourth-order valence-corrected chi connectivity index (χ4v) is 3.08. The molecule has 0 aliphatic carbocycles. The van der Waals surface area contributed by atoms with Gasteiger partial charge < -0.3 is 5.32 Å². The minimum Gasteiger partial charge on any atom is -0.378 e. The van der Waals surface area contributed by atoms with Crippen molar-refractivity contribution >= 4 is 31.6 Å². The van der Waals surface area contributed by atoms with E-state index in [0.29, 0.717) is 0 Å². The van der Waals surface area contributed by atoms with Gasteiger partial charge in [-0.15, -0.1) is 0 Å². The fraction of sp³-hybridized carbons (Fsp3) is 0.200. The van der Waals surface area contributed by atoms with E-state index < -0.39 is 10.0 Å². The molecule has 4 nitrogen and oxygen atoms in total. The van der Waals surface area contributed by atoms with Crippen LogP contribution in [0.15, 0.2) is 57.9 Å². The summed E-state index contributed by atoms with van der Waals surface area (Å²) >= 11 is 3.46. The quantitative estimate of drug-likeness (QED) is 0.845. The highest BCUT2D eigenvalue weighted by Crippen LogP contribution is 2.25. The Labute approximate surface area is 133 Å². The normalized spacial score (nSPS) is 12.9. The molecule has 1 atom stereocenters. The average Bonchev–Trinajstić information content (AvgIpc) is 2.44. The van der Waals surface area contributed by atoms with Gasteiger partial charge in [-0.25, -0.2) is 13.6 Å². The standard InChI is InChI=1S/C15H17BrN2O2S/c1-2-15(11-5-3-6-12(16)9-11)18-13-7-4-8-14(10-13)21(17,19)20/h3-10,15,18H,2H2,1H3,(H2,17,19,20). The van der Waals surface area contributed by atoms with Crippen LogP contribution < -0.4 is 10.5 Å². The average molecular weight is 369 g/mol. The van der Waals surface area contributed by atoms with Crippen LogP contribution in [0, 0.1) is 0 Å². The van der Waals surface area contributed by atoms with Gasteiger partial charge in [0.05, 0.1) is 10.9 Å². The molecule has 0 fully saturated rings. The zero-order valence-corrected chi connectivity index (χ0v) is 14.0. The van der Waals surface area contributed by atoms with Crippen LogP contribution in [0.4, 0.5) is 5.69 Å². The third-order valence-corrected chi connectivity index (χ3v) is 4.57. The molecule has 21 heavy (non-hydrogen) atoms. The second-order valence-electron chi connectivity index (χ2n) is 4.73. The summed E-state index contributed by atoms with van der Waals surface area (Å²) in [6, 6.07) is 14.7.